The fraction of sp³-hybridized carbons (Fsp3) is 0.174. The fourth-order valence-electron chi connectivity index (χ4n) is 3.08. The highest BCUT2D eigenvalue weighted by atomic mass is 32.2. The molecule has 0 bridgehead atoms. The van der Waals surface area contributed by atoms with Crippen molar-refractivity contribution in [2.45, 2.75) is 9.79 Å². The maximum atomic E-state index is 13.4. The zero-order chi connectivity index (χ0) is 23.1. The molecule has 3 aromatic rings. The molecule has 0 unspecified atom stereocenters. The van der Waals surface area contributed by atoms with Crippen LogP contribution in [0.15, 0.2) is 76.5 Å². The minimum absolute atomic E-state index is 0.0527. The van der Waals surface area contributed by atoms with Gasteiger partial charge in [0.25, 0.3) is 0 Å². The molecule has 0 saturated heterocycles. The van der Waals surface area contributed by atoms with E-state index in [4.69, 9.17) is 14.2 Å². The molecule has 3 rings (SSSR count). The number of nitrogens with one attached hydrogen (secondary N) is 2. The van der Waals surface area contributed by atoms with E-state index in [1.165, 1.54) is 32.4 Å². The van der Waals surface area contributed by atoms with Crippen molar-refractivity contribution in [3.8, 4) is 17.2 Å². The lowest BCUT2D eigenvalue weighted by Crippen LogP contribution is -2.22. The van der Waals surface area contributed by atoms with Crippen LogP contribution in [0.5, 0.6) is 17.2 Å². The van der Waals surface area contributed by atoms with E-state index in [1.807, 2.05) is 0 Å². The Morgan fingerprint density at radius 3 is 2.12 bits per heavy atom. The van der Waals surface area contributed by atoms with Crippen LogP contribution in [0.3, 0.4) is 0 Å². The molecule has 0 spiro atoms. The van der Waals surface area contributed by atoms with Crippen molar-refractivity contribution >= 4 is 27.1 Å². The van der Waals surface area contributed by atoms with Crippen molar-refractivity contribution in [1.29, 1.82) is 0 Å². The summed E-state index contributed by atoms with van der Waals surface area (Å²) in [6, 6.07) is 18.0. The van der Waals surface area contributed by atoms with Gasteiger partial charge >= 0.3 is 0 Å². The van der Waals surface area contributed by atoms with E-state index >= 15 is 0 Å². The highest BCUT2D eigenvalue weighted by Crippen LogP contribution is 2.42. The van der Waals surface area contributed by atoms with Crippen molar-refractivity contribution in [3.05, 3.63) is 66.7 Å². The zero-order valence-corrected chi connectivity index (χ0v) is 18.7. The van der Waals surface area contributed by atoms with Gasteiger partial charge in [0.15, 0.2) is 11.5 Å². The third-order valence-corrected chi connectivity index (χ3v) is 6.47. The molecule has 2 N–H and O–H groups in total. The Hall–Kier alpha value is -3.72. The normalized spacial score (nSPS) is 10.8. The average Bonchev–Trinajstić information content (AvgIpc) is 2.83. The smallest absolute Gasteiger partial charge is 0.243 e. The van der Waals surface area contributed by atoms with Gasteiger partial charge in [-0.3, -0.25) is 4.79 Å². The quantitative estimate of drug-likeness (QED) is 0.507. The van der Waals surface area contributed by atoms with E-state index in [-0.39, 0.29) is 39.4 Å². The second kappa shape index (κ2) is 10.1. The first-order valence-corrected chi connectivity index (χ1v) is 11.1. The van der Waals surface area contributed by atoms with Gasteiger partial charge in [0, 0.05) is 5.69 Å². The molecule has 0 fully saturated rings. The second-order valence-electron chi connectivity index (χ2n) is 6.62. The Kier molecular flexibility index (Phi) is 7.21. The summed E-state index contributed by atoms with van der Waals surface area (Å²) in [5.74, 6) is 0.627. The van der Waals surface area contributed by atoms with E-state index in [0.29, 0.717) is 11.4 Å². The van der Waals surface area contributed by atoms with Crippen molar-refractivity contribution in [3.63, 3.8) is 0 Å². The van der Waals surface area contributed by atoms with Crippen LogP contribution in [0.25, 0.3) is 0 Å². The first-order valence-electron chi connectivity index (χ1n) is 9.63. The van der Waals surface area contributed by atoms with Gasteiger partial charge in [-0.25, -0.2) is 8.42 Å². The predicted octanol–water partition coefficient (Wildman–Crippen LogP) is 3.60. The molecule has 0 aliphatic rings. The van der Waals surface area contributed by atoms with Crippen LogP contribution >= 0.6 is 0 Å². The number of benzene rings is 3. The number of hydrogen-bond donors (Lipinski definition) is 2. The number of anilines is 2. The summed E-state index contributed by atoms with van der Waals surface area (Å²) in [5.41, 5.74) is 0.804. The van der Waals surface area contributed by atoms with Gasteiger partial charge in [-0.1, -0.05) is 18.2 Å². The van der Waals surface area contributed by atoms with Crippen LogP contribution in [0, 0.1) is 0 Å². The Bertz CT molecular complexity index is 1180. The second-order valence-corrected chi connectivity index (χ2v) is 8.51. The van der Waals surface area contributed by atoms with E-state index < -0.39 is 9.84 Å². The Balaban J connectivity index is 1.90. The molecule has 1 amide bonds. The first-order chi connectivity index (χ1) is 15.4. The number of amides is 1. The molecule has 0 heterocycles. The summed E-state index contributed by atoms with van der Waals surface area (Å²) in [5, 5.41) is 5.65. The standard InChI is InChI=1S/C23H24N2O6S/c1-29-17-11-9-16(10-12-17)25-21(26)15-24-19-13-14-20(30-2)22(31-3)23(19)32(27,28)18-7-5-4-6-8-18/h4-14,24H,15H2,1-3H3,(H,25,26). The summed E-state index contributed by atoms with van der Waals surface area (Å²) in [4.78, 5) is 12.4. The number of ether oxygens (including phenoxy) is 3. The summed E-state index contributed by atoms with van der Waals surface area (Å²) >= 11 is 0. The lowest BCUT2D eigenvalue weighted by atomic mass is 10.2. The Morgan fingerprint density at radius 1 is 0.844 bits per heavy atom. The number of hydrogen-bond acceptors (Lipinski definition) is 7. The minimum atomic E-state index is -3.97. The van der Waals surface area contributed by atoms with Crippen LogP contribution in [0.4, 0.5) is 11.4 Å². The molecular formula is C23H24N2O6S. The molecule has 168 valence electrons. The summed E-state index contributed by atoms with van der Waals surface area (Å²) in [7, 11) is 0.371. The summed E-state index contributed by atoms with van der Waals surface area (Å²) in [6.45, 7) is -0.168. The van der Waals surface area contributed by atoms with Gasteiger partial charge in [-0.15, -0.1) is 0 Å². The van der Waals surface area contributed by atoms with Crippen LogP contribution in [0.2, 0.25) is 0 Å². The van der Waals surface area contributed by atoms with Gasteiger partial charge in [0.2, 0.25) is 15.7 Å². The van der Waals surface area contributed by atoms with Crippen molar-refractivity contribution < 1.29 is 27.4 Å². The van der Waals surface area contributed by atoms with Gasteiger partial charge in [-0.05, 0) is 48.5 Å². The first kappa shape index (κ1) is 23.0. The topological polar surface area (TPSA) is 103 Å². The highest BCUT2D eigenvalue weighted by molar-refractivity contribution is 7.91. The van der Waals surface area contributed by atoms with Crippen molar-refractivity contribution in [2.75, 3.05) is 38.5 Å². The van der Waals surface area contributed by atoms with Crippen LogP contribution in [-0.4, -0.2) is 42.2 Å². The molecule has 0 aliphatic heterocycles. The van der Waals surface area contributed by atoms with Crippen LogP contribution in [-0.2, 0) is 14.6 Å². The SMILES string of the molecule is COc1ccc(NC(=O)CNc2ccc(OC)c(OC)c2S(=O)(=O)c2ccccc2)cc1. The van der Waals surface area contributed by atoms with E-state index in [9.17, 15) is 13.2 Å². The number of rotatable bonds is 9. The summed E-state index contributed by atoms with van der Waals surface area (Å²) in [6.07, 6.45) is 0. The average molecular weight is 457 g/mol. The van der Waals surface area contributed by atoms with Crippen LogP contribution in [0.1, 0.15) is 0 Å². The van der Waals surface area contributed by atoms with Gasteiger partial charge in [-0.2, -0.15) is 0 Å². The molecule has 0 atom stereocenters. The molecule has 3 aromatic carbocycles. The van der Waals surface area contributed by atoms with E-state index in [0.717, 1.165) is 0 Å². The fourth-order valence-corrected chi connectivity index (χ4v) is 4.69. The molecule has 32 heavy (non-hydrogen) atoms. The third-order valence-electron chi connectivity index (χ3n) is 4.64. The van der Waals surface area contributed by atoms with E-state index in [1.54, 1.807) is 55.6 Å². The van der Waals surface area contributed by atoms with Crippen molar-refractivity contribution in [2.24, 2.45) is 0 Å². The van der Waals surface area contributed by atoms with Gasteiger partial charge in [0.1, 0.15) is 10.6 Å². The largest absolute Gasteiger partial charge is 0.497 e. The Morgan fingerprint density at radius 2 is 1.53 bits per heavy atom. The molecule has 0 radical (unpaired) electrons. The maximum Gasteiger partial charge on any atom is 0.243 e. The lowest BCUT2D eigenvalue weighted by Gasteiger charge is -2.18. The van der Waals surface area contributed by atoms with Gasteiger partial charge < -0.3 is 24.8 Å². The number of sulfone groups is 1. The zero-order valence-electron chi connectivity index (χ0n) is 17.9. The number of carbonyl (C=O) groups is 1. The van der Waals surface area contributed by atoms with Crippen LogP contribution < -0.4 is 24.8 Å². The van der Waals surface area contributed by atoms with Crippen molar-refractivity contribution in [1.82, 2.24) is 0 Å². The maximum absolute atomic E-state index is 13.4. The molecule has 0 aromatic heterocycles. The molecule has 9 heteroatoms. The monoisotopic (exact) mass is 456 g/mol. The predicted molar refractivity (Wildman–Crippen MR) is 122 cm³/mol. The summed E-state index contributed by atoms with van der Waals surface area (Å²) < 4.78 is 42.6. The Labute approximate surface area is 187 Å². The molecular weight excluding hydrogens is 432 g/mol. The molecule has 0 saturated carbocycles. The minimum Gasteiger partial charge on any atom is -0.497 e. The van der Waals surface area contributed by atoms with E-state index in [2.05, 4.69) is 10.6 Å². The van der Waals surface area contributed by atoms with Gasteiger partial charge in [0.05, 0.1) is 38.5 Å². The molecule has 0 aliphatic carbocycles. The number of methoxy groups -OCH3 is 3. The molecule has 8 nitrogen and oxygen atoms in total. The lowest BCUT2D eigenvalue weighted by molar-refractivity contribution is -0.114. The third kappa shape index (κ3) is 4.94. The highest BCUT2D eigenvalue weighted by Gasteiger charge is 2.28. The number of carbonyl (C=O) groups excluding carboxylic acids is 1.